The summed E-state index contributed by atoms with van der Waals surface area (Å²) in [6.07, 6.45) is -5.05. The van der Waals surface area contributed by atoms with Crippen molar-refractivity contribution in [1.82, 2.24) is 19.8 Å². The molecule has 2 aromatic rings. The average molecular weight is 554 g/mol. The fourth-order valence-corrected chi connectivity index (χ4v) is 5.96. The van der Waals surface area contributed by atoms with Crippen molar-refractivity contribution < 1.29 is 35.9 Å². The van der Waals surface area contributed by atoms with E-state index in [0.717, 1.165) is 30.0 Å². The van der Waals surface area contributed by atoms with Crippen LogP contribution in [0.25, 0.3) is 0 Å². The molecule has 6 rings (SSSR count). The Bertz CT molecular complexity index is 1270. The van der Waals surface area contributed by atoms with Crippen molar-refractivity contribution >= 4 is 17.8 Å². The summed E-state index contributed by atoms with van der Waals surface area (Å²) in [6, 6.07) is 5.60. The zero-order valence-electron chi connectivity index (χ0n) is 20.6. The lowest BCUT2D eigenvalue weighted by molar-refractivity contribution is -0.189. The minimum Gasteiger partial charge on any atom is -0.323 e. The first-order valence-corrected chi connectivity index (χ1v) is 12.7. The van der Waals surface area contributed by atoms with Crippen LogP contribution in [0.1, 0.15) is 54.3 Å². The number of halogens is 6. The molecule has 0 aromatic carbocycles. The molecule has 0 unspecified atom stereocenters. The molecule has 4 fully saturated rings. The average Bonchev–Trinajstić information content (AvgIpc) is 3.60. The van der Waals surface area contributed by atoms with Gasteiger partial charge in [-0.25, -0.2) is 9.78 Å². The minimum atomic E-state index is -4.58. The number of alkyl halides is 6. The van der Waals surface area contributed by atoms with Crippen molar-refractivity contribution in [2.75, 3.05) is 31.5 Å². The van der Waals surface area contributed by atoms with Crippen molar-refractivity contribution in [3.8, 4) is 0 Å². The smallest absolute Gasteiger partial charge is 0.323 e. The van der Waals surface area contributed by atoms with Crippen LogP contribution in [0.3, 0.4) is 0 Å². The van der Waals surface area contributed by atoms with Crippen molar-refractivity contribution in [2.45, 2.75) is 49.9 Å². The van der Waals surface area contributed by atoms with Gasteiger partial charge in [0.25, 0.3) is 0 Å². The molecule has 208 valence electrons. The lowest BCUT2D eigenvalue weighted by atomic mass is 9.56. The summed E-state index contributed by atoms with van der Waals surface area (Å²) in [5, 5.41) is 2.26. The van der Waals surface area contributed by atoms with E-state index in [1.54, 1.807) is 15.9 Å². The van der Waals surface area contributed by atoms with Crippen LogP contribution in [0.2, 0.25) is 0 Å². The third-order valence-corrected chi connectivity index (χ3v) is 8.61. The number of carbonyl (C=O) groups excluding carboxylic acids is 2. The van der Waals surface area contributed by atoms with Crippen LogP contribution in [0, 0.1) is 10.8 Å². The van der Waals surface area contributed by atoms with Gasteiger partial charge >= 0.3 is 18.4 Å². The van der Waals surface area contributed by atoms with Crippen molar-refractivity contribution in [1.29, 1.82) is 0 Å². The summed E-state index contributed by atoms with van der Waals surface area (Å²) in [4.78, 5) is 36.1. The van der Waals surface area contributed by atoms with E-state index in [-0.39, 0.29) is 41.9 Å². The lowest BCUT2D eigenvalue weighted by Crippen LogP contribution is -2.67. The fraction of sp³-hybridized carbons (Fsp3) is 0.538. The predicted octanol–water partition coefficient (Wildman–Crippen LogP) is 5.18. The van der Waals surface area contributed by atoms with E-state index >= 15 is 0 Å². The molecule has 39 heavy (non-hydrogen) atoms. The van der Waals surface area contributed by atoms with Crippen LogP contribution in [0.4, 0.5) is 37.0 Å². The minimum absolute atomic E-state index is 0.0165. The quantitative estimate of drug-likeness (QED) is 0.530. The third kappa shape index (κ3) is 4.49. The largest absolute Gasteiger partial charge is 0.433 e. The van der Waals surface area contributed by atoms with E-state index in [1.807, 2.05) is 0 Å². The van der Waals surface area contributed by atoms with Crippen LogP contribution in [0.5, 0.6) is 0 Å². The molecule has 7 nitrogen and oxygen atoms in total. The number of nitrogens with zero attached hydrogens (tertiary/aromatic N) is 4. The summed E-state index contributed by atoms with van der Waals surface area (Å²) in [6.45, 7) is 2.22. The monoisotopic (exact) mass is 553 g/mol. The van der Waals surface area contributed by atoms with Crippen LogP contribution in [0.15, 0.2) is 36.7 Å². The Balaban J connectivity index is 0.945. The summed E-state index contributed by atoms with van der Waals surface area (Å²) in [7, 11) is 0. The first-order chi connectivity index (χ1) is 18.3. The Kier molecular flexibility index (Phi) is 5.68. The molecule has 2 aliphatic heterocycles. The number of urea groups is 1. The Morgan fingerprint density at radius 3 is 1.97 bits per heavy atom. The maximum Gasteiger partial charge on any atom is 0.433 e. The van der Waals surface area contributed by atoms with Gasteiger partial charge in [-0.3, -0.25) is 9.78 Å². The first kappa shape index (κ1) is 25.9. The molecule has 4 aliphatic rings. The number of anilines is 1. The van der Waals surface area contributed by atoms with Gasteiger partial charge in [-0.1, -0.05) is 12.1 Å². The molecule has 0 radical (unpaired) electrons. The van der Waals surface area contributed by atoms with Gasteiger partial charge in [-0.05, 0) is 54.9 Å². The molecule has 0 bridgehead atoms. The number of rotatable bonds is 4. The molecule has 13 heteroatoms. The number of likely N-dealkylation sites (tertiary alicyclic amines) is 2. The highest BCUT2D eigenvalue weighted by atomic mass is 19.4. The molecule has 1 N–H and O–H groups in total. The van der Waals surface area contributed by atoms with Crippen LogP contribution in [-0.4, -0.2) is 64.1 Å². The lowest BCUT2D eigenvalue weighted by Gasteiger charge is -2.60. The zero-order valence-corrected chi connectivity index (χ0v) is 20.6. The van der Waals surface area contributed by atoms with Gasteiger partial charge in [-0.2, -0.15) is 26.3 Å². The molecule has 2 saturated carbocycles. The van der Waals surface area contributed by atoms with E-state index < -0.39 is 29.4 Å². The molecule has 2 saturated heterocycles. The number of carbonyl (C=O) groups is 2. The van der Waals surface area contributed by atoms with Gasteiger partial charge < -0.3 is 15.1 Å². The second-order valence-corrected chi connectivity index (χ2v) is 11.3. The molecule has 4 heterocycles. The highest BCUT2D eigenvalue weighted by Gasteiger charge is 2.68. The number of aromatic nitrogens is 2. The van der Waals surface area contributed by atoms with E-state index in [0.29, 0.717) is 26.2 Å². The predicted molar refractivity (Wildman–Crippen MR) is 126 cm³/mol. The normalized spacial score (nSPS) is 22.1. The standard InChI is InChI=1S/C26H25F6N5O2/c27-25(28,29)19-3-1-15(9-33-19)17-7-23(8-17)13-37(14-23)22(39)36-11-18(12-36)16-2-4-20(34-10-16)35-21(38)24(5-6-24)26(30,31)32/h1-4,9-10,17-18H,5-8,11-14H2,(H,34,35,38). The number of nitrogens with one attached hydrogen (secondary N) is 1. The highest BCUT2D eigenvalue weighted by molar-refractivity contribution is 5.97. The van der Waals surface area contributed by atoms with Gasteiger partial charge in [0.15, 0.2) is 0 Å². The summed E-state index contributed by atoms with van der Waals surface area (Å²) in [5.74, 6) is -0.833. The second kappa shape index (κ2) is 8.56. The first-order valence-electron chi connectivity index (χ1n) is 12.7. The van der Waals surface area contributed by atoms with E-state index in [9.17, 15) is 35.9 Å². The summed E-state index contributed by atoms with van der Waals surface area (Å²) < 4.78 is 77.5. The Morgan fingerprint density at radius 2 is 1.46 bits per heavy atom. The molecule has 0 atom stereocenters. The van der Waals surface area contributed by atoms with Crippen LogP contribution in [-0.2, 0) is 11.0 Å². The number of pyridine rings is 2. The molecule has 1 spiro atoms. The van der Waals surface area contributed by atoms with Crippen molar-refractivity contribution in [3.05, 3.63) is 53.5 Å². The second-order valence-electron chi connectivity index (χ2n) is 11.3. The van der Waals surface area contributed by atoms with E-state index in [4.69, 9.17) is 0 Å². The molecular weight excluding hydrogens is 528 g/mol. The fourth-order valence-electron chi connectivity index (χ4n) is 5.96. The number of hydrogen-bond acceptors (Lipinski definition) is 4. The highest BCUT2D eigenvalue weighted by Crippen LogP contribution is 2.58. The molecule has 3 amide bonds. The Labute approximate surface area is 219 Å². The maximum absolute atomic E-state index is 13.1. The van der Waals surface area contributed by atoms with E-state index in [2.05, 4.69) is 15.3 Å². The molecular formula is C26H25F6N5O2. The summed E-state index contributed by atoms with van der Waals surface area (Å²) in [5.41, 5.74) is -1.57. The van der Waals surface area contributed by atoms with Crippen LogP contribution >= 0.6 is 0 Å². The van der Waals surface area contributed by atoms with Gasteiger partial charge in [0.2, 0.25) is 5.91 Å². The molecule has 2 aliphatic carbocycles. The van der Waals surface area contributed by atoms with Gasteiger partial charge in [0, 0.05) is 49.9 Å². The third-order valence-electron chi connectivity index (χ3n) is 8.61. The summed E-state index contributed by atoms with van der Waals surface area (Å²) >= 11 is 0. The van der Waals surface area contributed by atoms with Gasteiger partial charge in [0.1, 0.15) is 16.9 Å². The number of hydrogen-bond donors (Lipinski definition) is 1. The maximum atomic E-state index is 13.1. The van der Waals surface area contributed by atoms with Crippen molar-refractivity contribution in [2.24, 2.45) is 10.8 Å². The number of amides is 3. The Hall–Kier alpha value is -3.38. The Morgan fingerprint density at radius 1 is 0.846 bits per heavy atom. The topological polar surface area (TPSA) is 78.4 Å². The van der Waals surface area contributed by atoms with Gasteiger partial charge in [-0.15, -0.1) is 0 Å². The van der Waals surface area contributed by atoms with Crippen LogP contribution < -0.4 is 5.32 Å². The molecule has 2 aromatic heterocycles. The SMILES string of the molecule is O=C(N1CC(c2ccc(NC(=O)C3(C(F)(F)F)CC3)nc2)C1)N1CC2(CC(c3ccc(C(F)(F)F)nc3)C2)C1. The van der Waals surface area contributed by atoms with Crippen molar-refractivity contribution in [3.63, 3.8) is 0 Å². The van der Waals surface area contributed by atoms with E-state index in [1.165, 1.54) is 24.5 Å². The van der Waals surface area contributed by atoms with Gasteiger partial charge in [0.05, 0.1) is 0 Å². The zero-order chi connectivity index (χ0) is 27.8.